The molecule has 3 aliphatic rings. The number of fused-ring (bicyclic) bond motifs is 2. The molecule has 0 aliphatic carbocycles. The highest BCUT2D eigenvalue weighted by Crippen LogP contribution is 2.39. The Hall–Kier alpha value is -3.39. The molecule has 3 aliphatic heterocycles. The number of benzene rings is 1. The second-order valence-electron chi connectivity index (χ2n) is 9.23. The topological polar surface area (TPSA) is 96.2 Å². The largest absolute Gasteiger partial charge is 0.443 e. The Morgan fingerprint density at radius 2 is 1.89 bits per heavy atom. The Bertz CT molecular complexity index is 1440. The Labute approximate surface area is 203 Å². The van der Waals surface area contributed by atoms with E-state index in [1.54, 1.807) is 35.5 Å². The molecule has 1 unspecified atom stereocenters. The van der Waals surface area contributed by atoms with Gasteiger partial charge in [-0.1, -0.05) is 5.92 Å². The van der Waals surface area contributed by atoms with E-state index in [0.717, 1.165) is 35.9 Å². The summed E-state index contributed by atoms with van der Waals surface area (Å²) in [6, 6.07) is 10.4. The van der Waals surface area contributed by atoms with E-state index >= 15 is 0 Å². The number of carbonyl (C=O) groups is 1. The summed E-state index contributed by atoms with van der Waals surface area (Å²) in [5.41, 5.74) is 1.70. The lowest BCUT2D eigenvalue weighted by molar-refractivity contribution is -0.144. The zero-order valence-corrected chi connectivity index (χ0v) is 19.8. The summed E-state index contributed by atoms with van der Waals surface area (Å²) < 4.78 is 39.9. The number of nitrogens with zero attached hydrogens (tertiary/aromatic N) is 4. The fraction of sp³-hybridized carbons (Fsp3) is 0.360. The third kappa shape index (κ3) is 3.76. The number of piperidine rings is 1. The zero-order chi connectivity index (χ0) is 24.2. The van der Waals surface area contributed by atoms with E-state index in [1.165, 1.54) is 6.07 Å². The minimum absolute atomic E-state index is 0.0660. The average molecular weight is 493 g/mol. The maximum atomic E-state index is 13.4. The number of aromatic nitrogens is 1. The van der Waals surface area contributed by atoms with Gasteiger partial charge in [-0.05, 0) is 43.2 Å². The van der Waals surface area contributed by atoms with Gasteiger partial charge in [0.05, 0.1) is 25.2 Å². The van der Waals surface area contributed by atoms with Crippen molar-refractivity contribution in [1.82, 2.24) is 14.2 Å². The highest BCUT2D eigenvalue weighted by atomic mass is 32.2. The van der Waals surface area contributed by atoms with Crippen molar-refractivity contribution in [2.24, 2.45) is 0 Å². The fourth-order valence-corrected chi connectivity index (χ4v) is 6.55. The second-order valence-corrected chi connectivity index (χ2v) is 11.1. The van der Waals surface area contributed by atoms with Gasteiger partial charge in [0.25, 0.3) is 10.0 Å². The normalized spacial score (nSPS) is 22.5. The maximum absolute atomic E-state index is 13.4. The maximum Gasteiger partial charge on any atom is 0.277 e. The number of rotatable bonds is 3. The quantitative estimate of drug-likeness (QED) is 0.516. The molecule has 3 saturated heterocycles. The number of pyridine rings is 1. The van der Waals surface area contributed by atoms with E-state index in [2.05, 4.69) is 15.8 Å². The first kappa shape index (κ1) is 22.1. The van der Waals surface area contributed by atoms with E-state index < -0.39 is 21.9 Å². The number of hydrogen-bond acceptors (Lipinski definition) is 7. The fourth-order valence-electron chi connectivity index (χ4n) is 5.22. The number of hydrogen-bond donors (Lipinski definition) is 0. The van der Waals surface area contributed by atoms with Crippen LogP contribution in [0.15, 0.2) is 58.3 Å². The molecule has 6 rings (SSSR count). The lowest BCUT2D eigenvalue weighted by atomic mass is 9.91. The summed E-state index contributed by atoms with van der Waals surface area (Å²) in [6.45, 7) is 1.89. The lowest BCUT2D eigenvalue weighted by Crippen LogP contribution is -2.55. The van der Waals surface area contributed by atoms with Crippen molar-refractivity contribution in [2.45, 2.75) is 29.8 Å². The molecule has 3 fully saturated rings. The molecule has 3 aromatic rings. The summed E-state index contributed by atoms with van der Waals surface area (Å²) in [7, 11) is -4.03. The molecule has 1 aromatic carbocycles. The standard InChI is InChI=1S/C25H24N4O5S/c1-2-18-3-4-21-19(13-18)14-24(33-21)35(31,32)28-15-22(30)29-17-25(34-23(29)16-28)7-11-27(12-8-25)20-5-9-26-10-6-20/h1,3-6,9-10,13-14,23H,7-8,11-12,15-17H2. The van der Waals surface area contributed by atoms with Gasteiger partial charge in [0, 0.05) is 48.2 Å². The van der Waals surface area contributed by atoms with Crippen LogP contribution in [0.25, 0.3) is 11.0 Å². The van der Waals surface area contributed by atoms with Crippen LogP contribution in [-0.2, 0) is 19.6 Å². The number of furan rings is 1. The minimum atomic E-state index is -4.03. The monoisotopic (exact) mass is 492 g/mol. The van der Waals surface area contributed by atoms with Crippen molar-refractivity contribution >= 4 is 32.6 Å². The first-order chi connectivity index (χ1) is 16.9. The van der Waals surface area contributed by atoms with Crippen LogP contribution >= 0.6 is 0 Å². The van der Waals surface area contributed by atoms with E-state index in [4.69, 9.17) is 15.6 Å². The first-order valence-electron chi connectivity index (χ1n) is 11.5. The molecule has 1 atom stereocenters. The number of sulfonamides is 1. The van der Waals surface area contributed by atoms with Crippen LogP contribution in [0.5, 0.6) is 0 Å². The third-order valence-electron chi connectivity index (χ3n) is 7.14. The lowest BCUT2D eigenvalue weighted by Gasteiger charge is -2.39. The van der Waals surface area contributed by atoms with Crippen LogP contribution in [0.3, 0.4) is 0 Å². The molecule has 2 aromatic heterocycles. The molecule has 0 saturated carbocycles. The van der Waals surface area contributed by atoms with Crippen molar-refractivity contribution in [1.29, 1.82) is 0 Å². The highest BCUT2D eigenvalue weighted by molar-refractivity contribution is 7.89. The summed E-state index contributed by atoms with van der Waals surface area (Å²) in [4.78, 5) is 21.0. The third-order valence-corrected chi connectivity index (χ3v) is 8.81. The zero-order valence-electron chi connectivity index (χ0n) is 19.0. The number of piperazine rings is 1. The SMILES string of the molecule is C#Cc1ccc2oc(S(=O)(=O)N3CC(=O)N4CC5(CCN(c6ccncc6)CC5)OC4C3)cc2c1. The summed E-state index contributed by atoms with van der Waals surface area (Å²) >= 11 is 0. The van der Waals surface area contributed by atoms with E-state index in [9.17, 15) is 13.2 Å². The van der Waals surface area contributed by atoms with Crippen LogP contribution in [0, 0.1) is 12.3 Å². The van der Waals surface area contributed by atoms with Crippen LogP contribution in [0.2, 0.25) is 0 Å². The molecule has 1 spiro atoms. The van der Waals surface area contributed by atoms with Gasteiger partial charge >= 0.3 is 0 Å². The van der Waals surface area contributed by atoms with Crippen LogP contribution < -0.4 is 4.90 Å². The van der Waals surface area contributed by atoms with Gasteiger partial charge in [-0.3, -0.25) is 9.78 Å². The summed E-state index contributed by atoms with van der Waals surface area (Å²) in [6.07, 6.45) is 9.88. The van der Waals surface area contributed by atoms with E-state index in [1.807, 2.05) is 12.1 Å². The van der Waals surface area contributed by atoms with Crippen molar-refractivity contribution in [3.63, 3.8) is 0 Å². The predicted octanol–water partition coefficient (Wildman–Crippen LogP) is 2.04. The van der Waals surface area contributed by atoms with Gasteiger partial charge in [0.2, 0.25) is 11.0 Å². The van der Waals surface area contributed by atoms with Crippen LogP contribution in [0.1, 0.15) is 18.4 Å². The molecular weight excluding hydrogens is 468 g/mol. The average Bonchev–Trinajstić information content (AvgIpc) is 3.47. The first-order valence-corrected chi connectivity index (χ1v) is 12.9. The molecule has 0 N–H and O–H groups in total. The molecule has 1 amide bonds. The number of anilines is 1. The van der Waals surface area contributed by atoms with Crippen LogP contribution in [-0.4, -0.2) is 73.1 Å². The number of ether oxygens (including phenoxy) is 1. The molecule has 0 bridgehead atoms. The highest BCUT2D eigenvalue weighted by Gasteiger charge is 2.52. The van der Waals surface area contributed by atoms with Gasteiger partial charge in [0.15, 0.2) is 0 Å². The minimum Gasteiger partial charge on any atom is -0.443 e. The summed E-state index contributed by atoms with van der Waals surface area (Å²) in [5, 5.41) is 0.391. The molecule has 10 heteroatoms. The Morgan fingerprint density at radius 1 is 1.11 bits per heavy atom. The number of carbonyl (C=O) groups excluding carboxylic acids is 1. The van der Waals surface area contributed by atoms with Crippen LogP contribution in [0.4, 0.5) is 5.69 Å². The number of amides is 1. The second kappa shape index (κ2) is 8.09. The summed E-state index contributed by atoms with van der Waals surface area (Å²) in [5.74, 6) is 2.27. The van der Waals surface area contributed by atoms with Crippen molar-refractivity contribution in [3.05, 3.63) is 54.4 Å². The molecule has 35 heavy (non-hydrogen) atoms. The van der Waals surface area contributed by atoms with Gasteiger partial charge in [0.1, 0.15) is 11.8 Å². The molecule has 0 radical (unpaired) electrons. The Balaban J connectivity index is 1.19. The van der Waals surface area contributed by atoms with E-state index in [0.29, 0.717) is 23.1 Å². The number of terminal acetylenes is 1. The van der Waals surface area contributed by atoms with Crippen molar-refractivity contribution in [2.75, 3.05) is 37.6 Å². The van der Waals surface area contributed by atoms with Gasteiger partial charge < -0.3 is 19.0 Å². The molecular formula is C25H24N4O5S. The smallest absolute Gasteiger partial charge is 0.277 e. The molecule has 5 heterocycles. The van der Waals surface area contributed by atoms with Crippen molar-refractivity contribution in [3.8, 4) is 12.3 Å². The van der Waals surface area contributed by atoms with E-state index in [-0.39, 0.29) is 24.1 Å². The van der Waals surface area contributed by atoms with Crippen molar-refractivity contribution < 1.29 is 22.4 Å². The Morgan fingerprint density at radius 3 is 2.63 bits per heavy atom. The Kier molecular flexibility index (Phi) is 5.11. The van der Waals surface area contributed by atoms with Gasteiger partial charge in [-0.25, -0.2) is 8.42 Å². The van der Waals surface area contributed by atoms with Gasteiger partial charge in [-0.15, -0.1) is 6.42 Å². The predicted molar refractivity (Wildman–Crippen MR) is 128 cm³/mol. The molecule has 180 valence electrons. The van der Waals surface area contributed by atoms with Gasteiger partial charge in [-0.2, -0.15) is 4.31 Å². The molecule has 9 nitrogen and oxygen atoms in total.